The normalized spacial score (nSPS) is 13.6. The lowest BCUT2D eigenvalue weighted by Crippen LogP contribution is -2.39. The Morgan fingerprint density at radius 3 is 2.85 bits per heavy atom. The molecule has 3 aromatic rings. The molecule has 1 aliphatic heterocycles. The van der Waals surface area contributed by atoms with Crippen LogP contribution < -0.4 is 15.0 Å². The quantitative estimate of drug-likeness (QED) is 0.309. The van der Waals surface area contributed by atoms with Crippen LogP contribution in [0.2, 0.25) is 0 Å². The number of ether oxygens (including phenoxy) is 1. The van der Waals surface area contributed by atoms with Gasteiger partial charge >= 0.3 is 5.97 Å². The van der Waals surface area contributed by atoms with Gasteiger partial charge in [0.1, 0.15) is 11.6 Å². The summed E-state index contributed by atoms with van der Waals surface area (Å²) in [7, 11) is 0. The summed E-state index contributed by atoms with van der Waals surface area (Å²) >= 11 is 1.45. The van der Waals surface area contributed by atoms with E-state index in [-0.39, 0.29) is 24.2 Å². The molecule has 176 valence electrons. The van der Waals surface area contributed by atoms with E-state index in [1.54, 1.807) is 29.6 Å². The van der Waals surface area contributed by atoms with Crippen LogP contribution in [0, 0.1) is 0 Å². The van der Waals surface area contributed by atoms with Gasteiger partial charge in [-0.3, -0.25) is 14.6 Å². The minimum absolute atomic E-state index is 0.00549. The lowest BCUT2D eigenvalue weighted by atomic mass is 10.1. The second kappa shape index (κ2) is 11.5. The van der Waals surface area contributed by atoms with Gasteiger partial charge < -0.3 is 20.1 Å². The summed E-state index contributed by atoms with van der Waals surface area (Å²) in [5, 5.41) is 12.4. The number of anilines is 2. The Labute approximate surface area is 202 Å². The van der Waals surface area contributed by atoms with E-state index in [1.807, 2.05) is 42.5 Å². The van der Waals surface area contributed by atoms with Crippen LogP contribution in [-0.4, -0.2) is 46.6 Å². The third-order valence-electron chi connectivity index (χ3n) is 5.35. The molecule has 0 aliphatic carbocycles. The summed E-state index contributed by atoms with van der Waals surface area (Å²) in [5.74, 6) is 0.541. The number of carboxylic acid groups (broad SMARTS) is 1. The Morgan fingerprint density at radius 2 is 2.09 bits per heavy atom. The van der Waals surface area contributed by atoms with E-state index in [2.05, 4.69) is 15.3 Å². The number of nitrogens with one attached hydrogen (secondary N) is 1. The number of thioether (sulfide) groups is 1. The highest BCUT2D eigenvalue weighted by atomic mass is 32.2. The van der Waals surface area contributed by atoms with E-state index in [4.69, 9.17) is 4.74 Å². The van der Waals surface area contributed by atoms with Crippen molar-refractivity contribution in [2.45, 2.75) is 29.4 Å². The van der Waals surface area contributed by atoms with Crippen LogP contribution in [0.15, 0.2) is 72.0 Å². The summed E-state index contributed by atoms with van der Waals surface area (Å²) in [6.07, 6.45) is 6.82. The molecule has 0 saturated heterocycles. The molecule has 0 spiro atoms. The number of hydrogen-bond acceptors (Lipinski definition) is 7. The third-order valence-corrected chi connectivity index (χ3v) is 6.60. The molecule has 0 radical (unpaired) electrons. The summed E-state index contributed by atoms with van der Waals surface area (Å²) in [4.78, 5) is 34.9. The molecule has 1 aromatic carbocycles. The standard InChI is InChI=1S/C25H26N4O4S/c30-24-17-33-21-14-19(34-22(15-25(31)32)18-6-5-10-26-16-18)8-9-20(21)29(24)13-4-3-12-28-23-7-1-2-11-27-23/h1-2,5-11,14,16,22H,3-4,12-13,15,17H2,(H,27,28)(H,31,32). The van der Waals surface area contributed by atoms with Gasteiger partial charge in [0.2, 0.25) is 0 Å². The van der Waals surface area contributed by atoms with E-state index in [0.29, 0.717) is 12.3 Å². The molecule has 3 heterocycles. The van der Waals surface area contributed by atoms with Crippen molar-refractivity contribution in [3.63, 3.8) is 0 Å². The fourth-order valence-corrected chi connectivity index (χ4v) is 4.85. The van der Waals surface area contributed by atoms with Crippen molar-refractivity contribution in [3.8, 4) is 5.75 Å². The predicted octanol–water partition coefficient (Wildman–Crippen LogP) is 4.40. The monoisotopic (exact) mass is 478 g/mol. The molecule has 1 aliphatic rings. The first-order valence-electron chi connectivity index (χ1n) is 11.1. The molecular formula is C25H26N4O4S. The van der Waals surface area contributed by atoms with Crippen molar-refractivity contribution in [3.05, 3.63) is 72.7 Å². The Kier molecular flexibility index (Phi) is 7.98. The van der Waals surface area contributed by atoms with Gasteiger partial charge in [-0.1, -0.05) is 12.1 Å². The molecule has 8 nitrogen and oxygen atoms in total. The highest BCUT2D eigenvalue weighted by molar-refractivity contribution is 7.99. The molecule has 1 amide bonds. The lowest BCUT2D eigenvalue weighted by molar-refractivity contribution is -0.137. The molecule has 9 heteroatoms. The average Bonchev–Trinajstić information content (AvgIpc) is 2.85. The number of fused-ring (bicyclic) bond motifs is 1. The summed E-state index contributed by atoms with van der Waals surface area (Å²) < 4.78 is 5.71. The first kappa shape index (κ1) is 23.6. The fraction of sp³-hybridized carbons (Fsp3) is 0.280. The van der Waals surface area contributed by atoms with Gasteiger partial charge in [-0.25, -0.2) is 4.98 Å². The van der Waals surface area contributed by atoms with E-state index in [1.165, 1.54) is 11.8 Å². The van der Waals surface area contributed by atoms with Crippen LogP contribution in [0.4, 0.5) is 11.5 Å². The van der Waals surface area contributed by atoms with Gasteiger partial charge in [0.25, 0.3) is 5.91 Å². The maximum atomic E-state index is 12.5. The molecule has 2 N–H and O–H groups in total. The van der Waals surface area contributed by atoms with Crippen LogP contribution in [0.5, 0.6) is 5.75 Å². The maximum Gasteiger partial charge on any atom is 0.304 e. The van der Waals surface area contributed by atoms with Gasteiger partial charge in [0.05, 0.1) is 12.1 Å². The fourth-order valence-electron chi connectivity index (χ4n) is 3.70. The maximum absolute atomic E-state index is 12.5. The van der Waals surface area contributed by atoms with Crippen LogP contribution in [0.3, 0.4) is 0 Å². The van der Waals surface area contributed by atoms with E-state index >= 15 is 0 Å². The topological polar surface area (TPSA) is 105 Å². The second-order valence-electron chi connectivity index (χ2n) is 7.80. The molecule has 4 rings (SSSR count). The van der Waals surface area contributed by atoms with Crippen molar-refractivity contribution in [1.82, 2.24) is 9.97 Å². The Hall–Kier alpha value is -3.59. The number of hydrogen-bond donors (Lipinski definition) is 2. The Bertz CT molecular complexity index is 1110. The minimum Gasteiger partial charge on any atom is -0.482 e. The zero-order valence-corrected chi connectivity index (χ0v) is 19.4. The van der Waals surface area contributed by atoms with Crippen LogP contribution in [0.1, 0.15) is 30.1 Å². The number of aromatic nitrogens is 2. The van der Waals surface area contributed by atoms with Crippen LogP contribution in [-0.2, 0) is 9.59 Å². The van der Waals surface area contributed by atoms with Gasteiger partial charge in [0.15, 0.2) is 6.61 Å². The second-order valence-corrected chi connectivity index (χ2v) is 9.08. The minimum atomic E-state index is -0.870. The number of rotatable bonds is 11. The summed E-state index contributed by atoms with van der Waals surface area (Å²) in [5.41, 5.74) is 1.60. The number of pyridine rings is 2. The van der Waals surface area contributed by atoms with Crippen LogP contribution >= 0.6 is 11.8 Å². The van der Waals surface area contributed by atoms with Crippen molar-refractivity contribution in [2.24, 2.45) is 0 Å². The number of amides is 1. The zero-order chi connectivity index (χ0) is 23.8. The molecule has 1 atom stereocenters. The molecular weight excluding hydrogens is 452 g/mol. The van der Waals surface area contributed by atoms with Crippen molar-refractivity contribution in [1.29, 1.82) is 0 Å². The predicted molar refractivity (Wildman–Crippen MR) is 131 cm³/mol. The van der Waals surface area contributed by atoms with E-state index < -0.39 is 5.97 Å². The zero-order valence-electron chi connectivity index (χ0n) is 18.6. The van der Waals surface area contributed by atoms with Crippen LogP contribution in [0.25, 0.3) is 0 Å². The van der Waals surface area contributed by atoms with E-state index in [0.717, 1.165) is 41.4 Å². The van der Waals surface area contributed by atoms with Crippen molar-refractivity contribution < 1.29 is 19.4 Å². The van der Waals surface area contributed by atoms with Gasteiger partial charge in [-0.2, -0.15) is 0 Å². The van der Waals surface area contributed by atoms with Crippen molar-refractivity contribution >= 4 is 35.1 Å². The van der Waals surface area contributed by atoms with Crippen molar-refractivity contribution in [2.75, 3.05) is 29.9 Å². The summed E-state index contributed by atoms with van der Waals surface area (Å²) in [6, 6.07) is 15.1. The lowest BCUT2D eigenvalue weighted by Gasteiger charge is -2.30. The molecule has 2 aromatic heterocycles. The molecule has 0 bridgehead atoms. The van der Waals surface area contributed by atoms with Gasteiger partial charge in [-0.15, -0.1) is 11.8 Å². The smallest absolute Gasteiger partial charge is 0.304 e. The number of aliphatic carboxylic acids is 1. The van der Waals surface area contributed by atoms with Gasteiger partial charge in [0, 0.05) is 41.8 Å². The molecule has 34 heavy (non-hydrogen) atoms. The number of unbranched alkanes of at least 4 members (excludes halogenated alkanes) is 1. The highest BCUT2D eigenvalue weighted by Gasteiger charge is 2.26. The first-order chi connectivity index (χ1) is 16.6. The largest absolute Gasteiger partial charge is 0.482 e. The van der Waals surface area contributed by atoms with E-state index in [9.17, 15) is 14.7 Å². The number of carbonyl (C=O) groups is 2. The summed E-state index contributed by atoms with van der Waals surface area (Å²) in [6.45, 7) is 1.37. The molecule has 0 fully saturated rings. The SMILES string of the molecule is O=C(O)CC(Sc1ccc2c(c1)OCC(=O)N2CCCCNc1ccccn1)c1cccnc1. The highest BCUT2D eigenvalue weighted by Crippen LogP contribution is 2.42. The number of carboxylic acids is 1. The third kappa shape index (κ3) is 6.26. The number of nitrogens with zero attached hydrogens (tertiary/aromatic N) is 3. The Morgan fingerprint density at radius 1 is 1.18 bits per heavy atom. The van der Waals surface area contributed by atoms with Gasteiger partial charge in [-0.05, 0) is 54.8 Å². The number of benzene rings is 1. The first-order valence-corrected chi connectivity index (χ1v) is 12.0. The molecule has 0 saturated carbocycles. The number of carbonyl (C=O) groups excluding carboxylic acids is 1. The molecule has 1 unspecified atom stereocenters. The average molecular weight is 479 g/mol. The Balaban J connectivity index is 1.38.